The number of hydrogen-bond donors (Lipinski definition) is 1. The van der Waals surface area contributed by atoms with Crippen LogP contribution < -0.4 is 10.9 Å². The van der Waals surface area contributed by atoms with E-state index in [4.69, 9.17) is 4.42 Å². The van der Waals surface area contributed by atoms with Crippen molar-refractivity contribution in [1.29, 1.82) is 0 Å². The zero-order chi connectivity index (χ0) is 12.4. The van der Waals surface area contributed by atoms with E-state index in [-0.39, 0.29) is 5.63 Å². The Bertz CT molecular complexity index is 732. The molecule has 0 saturated carbocycles. The lowest BCUT2D eigenvalue weighted by Gasteiger charge is -2.08. The van der Waals surface area contributed by atoms with E-state index in [0.717, 1.165) is 16.8 Å². The number of rotatable bonds is 2. The summed E-state index contributed by atoms with van der Waals surface area (Å²) in [4.78, 5) is 11.6. The predicted octanol–water partition coefficient (Wildman–Crippen LogP) is 3.54. The van der Waals surface area contributed by atoms with Gasteiger partial charge in [-0.25, -0.2) is 4.79 Å². The second kappa shape index (κ2) is 4.37. The first-order chi connectivity index (χ1) is 8.84. The quantitative estimate of drug-likeness (QED) is 0.741. The van der Waals surface area contributed by atoms with Crippen LogP contribution in [0, 0.1) is 0 Å². The maximum Gasteiger partial charge on any atom is 0.343 e. The first-order valence-corrected chi connectivity index (χ1v) is 5.67. The summed E-state index contributed by atoms with van der Waals surface area (Å²) in [5.41, 5.74) is 1.56. The fraction of sp³-hybridized carbons (Fsp3) is 0. The normalized spacial score (nSPS) is 10.4. The predicted molar refractivity (Wildman–Crippen MR) is 72.2 cm³/mol. The van der Waals surface area contributed by atoms with Crippen LogP contribution in [0.4, 0.5) is 11.4 Å². The van der Waals surface area contributed by atoms with Gasteiger partial charge in [0.2, 0.25) is 0 Å². The van der Waals surface area contributed by atoms with Crippen molar-refractivity contribution < 1.29 is 4.42 Å². The molecule has 0 spiro atoms. The van der Waals surface area contributed by atoms with Crippen molar-refractivity contribution in [1.82, 2.24) is 0 Å². The van der Waals surface area contributed by atoms with E-state index in [1.807, 2.05) is 42.5 Å². The van der Waals surface area contributed by atoms with Crippen LogP contribution in [-0.2, 0) is 0 Å². The summed E-state index contributed by atoms with van der Waals surface area (Å²) in [5.74, 6) is 0. The molecule has 3 nitrogen and oxygen atoms in total. The van der Waals surface area contributed by atoms with Gasteiger partial charge in [-0.1, -0.05) is 24.3 Å². The maximum atomic E-state index is 11.6. The van der Waals surface area contributed by atoms with Crippen molar-refractivity contribution in [3.63, 3.8) is 0 Å². The smallest absolute Gasteiger partial charge is 0.343 e. The van der Waals surface area contributed by atoms with Crippen molar-refractivity contribution in [2.45, 2.75) is 0 Å². The molecule has 0 aliphatic heterocycles. The van der Waals surface area contributed by atoms with Crippen LogP contribution in [0.5, 0.6) is 0 Å². The largest absolute Gasteiger partial charge is 0.431 e. The van der Waals surface area contributed by atoms with Crippen LogP contribution in [0.25, 0.3) is 10.8 Å². The average molecular weight is 237 g/mol. The Kier molecular flexibility index (Phi) is 2.57. The standard InChI is InChI=1S/C15H11NO2/c17-15-13-7-4-8-14(12(13)9-10-18-15)16-11-5-2-1-3-6-11/h1-10,16H. The van der Waals surface area contributed by atoms with Gasteiger partial charge in [0.05, 0.1) is 11.6 Å². The van der Waals surface area contributed by atoms with Crippen LogP contribution in [0.15, 0.2) is 70.1 Å². The van der Waals surface area contributed by atoms with E-state index >= 15 is 0 Å². The fourth-order valence-electron chi connectivity index (χ4n) is 1.94. The number of fused-ring (bicyclic) bond motifs is 1. The fourth-order valence-corrected chi connectivity index (χ4v) is 1.94. The second-order valence-electron chi connectivity index (χ2n) is 3.97. The molecule has 0 fully saturated rings. The molecule has 0 bridgehead atoms. The molecule has 3 rings (SSSR count). The van der Waals surface area contributed by atoms with E-state index in [0.29, 0.717) is 5.39 Å². The molecule has 0 atom stereocenters. The lowest BCUT2D eigenvalue weighted by atomic mass is 10.1. The van der Waals surface area contributed by atoms with Crippen LogP contribution in [0.1, 0.15) is 0 Å². The van der Waals surface area contributed by atoms with Crippen molar-refractivity contribution >= 4 is 22.1 Å². The van der Waals surface area contributed by atoms with Gasteiger partial charge in [-0.3, -0.25) is 0 Å². The molecule has 0 radical (unpaired) electrons. The molecule has 3 aromatic rings. The molecule has 0 amide bonds. The van der Waals surface area contributed by atoms with Gasteiger partial charge < -0.3 is 9.73 Å². The van der Waals surface area contributed by atoms with Gasteiger partial charge in [-0.05, 0) is 30.3 Å². The zero-order valence-electron chi connectivity index (χ0n) is 9.59. The van der Waals surface area contributed by atoms with Gasteiger partial charge in [-0.2, -0.15) is 0 Å². The van der Waals surface area contributed by atoms with Gasteiger partial charge in [-0.15, -0.1) is 0 Å². The van der Waals surface area contributed by atoms with Crippen LogP contribution in [0.2, 0.25) is 0 Å². The van der Waals surface area contributed by atoms with Gasteiger partial charge in [0.1, 0.15) is 0 Å². The Morgan fingerprint density at radius 3 is 2.50 bits per heavy atom. The highest BCUT2D eigenvalue weighted by Gasteiger charge is 2.04. The lowest BCUT2D eigenvalue weighted by molar-refractivity contribution is 0.519. The average Bonchev–Trinajstić information content (AvgIpc) is 2.41. The number of para-hydroxylation sites is 1. The molecule has 1 aromatic heterocycles. The van der Waals surface area contributed by atoms with Crippen molar-refractivity contribution in [2.75, 3.05) is 5.32 Å². The Hall–Kier alpha value is -2.55. The van der Waals surface area contributed by atoms with Gasteiger partial charge in [0, 0.05) is 16.8 Å². The minimum atomic E-state index is -0.316. The van der Waals surface area contributed by atoms with Crippen LogP contribution in [-0.4, -0.2) is 0 Å². The third kappa shape index (κ3) is 1.86. The Morgan fingerprint density at radius 2 is 1.67 bits per heavy atom. The molecule has 88 valence electrons. The van der Waals surface area contributed by atoms with E-state index in [1.54, 1.807) is 12.1 Å². The third-order valence-electron chi connectivity index (χ3n) is 2.79. The third-order valence-corrected chi connectivity index (χ3v) is 2.79. The summed E-state index contributed by atoms with van der Waals surface area (Å²) in [7, 11) is 0. The van der Waals surface area contributed by atoms with Crippen molar-refractivity contribution in [3.8, 4) is 0 Å². The molecule has 0 unspecified atom stereocenters. The van der Waals surface area contributed by atoms with Crippen LogP contribution in [0.3, 0.4) is 0 Å². The van der Waals surface area contributed by atoms with E-state index in [2.05, 4.69) is 5.32 Å². The first kappa shape index (κ1) is 10.6. The highest BCUT2D eigenvalue weighted by atomic mass is 16.4. The van der Waals surface area contributed by atoms with Crippen molar-refractivity contribution in [3.05, 3.63) is 71.3 Å². The summed E-state index contributed by atoms with van der Waals surface area (Å²) < 4.78 is 4.86. The first-order valence-electron chi connectivity index (χ1n) is 5.67. The van der Waals surface area contributed by atoms with E-state index < -0.39 is 0 Å². The topological polar surface area (TPSA) is 42.2 Å². The van der Waals surface area contributed by atoms with Crippen molar-refractivity contribution in [2.24, 2.45) is 0 Å². The second-order valence-corrected chi connectivity index (χ2v) is 3.97. The molecule has 0 aliphatic rings. The number of anilines is 2. The summed E-state index contributed by atoms with van der Waals surface area (Å²) >= 11 is 0. The number of benzene rings is 2. The summed E-state index contributed by atoms with van der Waals surface area (Å²) in [5, 5.41) is 4.73. The molecular weight excluding hydrogens is 226 g/mol. The molecule has 0 saturated heterocycles. The molecule has 0 aliphatic carbocycles. The molecule has 18 heavy (non-hydrogen) atoms. The molecule has 1 heterocycles. The van der Waals surface area contributed by atoms with E-state index in [1.165, 1.54) is 6.26 Å². The summed E-state index contributed by atoms with van der Waals surface area (Å²) in [6.07, 6.45) is 1.42. The Labute approximate surface area is 104 Å². The van der Waals surface area contributed by atoms with Crippen LogP contribution >= 0.6 is 0 Å². The Morgan fingerprint density at radius 1 is 0.833 bits per heavy atom. The molecule has 2 aromatic carbocycles. The van der Waals surface area contributed by atoms with Gasteiger partial charge in [0.15, 0.2) is 0 Å². The zero-order valence-corrected chi connectivity index (χ0v) is 9.59. The van der Waals surface area contributed by atoms with Gasteiger partial charge >= 0.3 is 5.63 Å². The molecule has 1 N–H and O–H groups in total. The highest BCUT2D eigenvalue weighted by Crippen LogP contribution is 2.24. The van der Waals surface area contributed by atoms with E-state index in [9.17, 15) is 4.79 Å². The summed E-state index contributed by atoms with van der Waals surface area (Å²) in [6.45, 7) is 0. The Balaban J connectivity index is 2.13. The molecule has 3 heteroatoms. The monoisotopic (exact) mass is 237 g/mol. The minimum Gasteiger partial charge on any atom is -0.431 e. The number of nitrogens with one attached hydrogen (secondary N) is 1. The van der Waals surface area contributed by atoms with Gasteiger partial charge in [0.25, 0.3) is 0 Å². The number of hydrogen-bond acceptors (Lipinski definition) is 3. The maximum absolute atomic E-state index is 11.6. The SMILES string of the molecule is O=c1occc2c(Nc3ccccc3)cccc12. The molecular formula is C15H11NO2. The summed E-state index contributed by atoms with van der Waals surface area (Å²) in [6, 6.07) is 17.2. The minimum absolute atomic E-state index is 0.316. The highest BCUT2D eigenvalue weighted by molar-refractivity contribution is 5.94. The lowest BCUT2D eigenvalue weighted by Crippen LogP contribution is -1.99.